The summed E-state index contributed by atoms with van der Waals surface area (Å²) in [4.78, 5) is 37.1. The van der Waals surface area contributed by atoms with E-state index >= 15 is 0 Å². The van der Waals surface area contributed by atoms with Gasteiger partial charge in [-0.15, -0.1) is 0 Å². The number of nitrogens with zero attached hydrogens (tertiary/aromatic N) is 4. The Morgan fingerprint density at radius 1 is 0.860 bits per heavy atom. The van der Waals surface area contributed by atoms with E-state index in [2.05, 4.69) is 45.4 Å². The van der Waals surface area contributed by atoms with E-state index in [9.17, 15) is 9.59 Å². The second kappa shape index (κ2) is 14.2. The van der Waals surface area contributed by atoms with Crippen LogP contribution in [0.3, 0.4) is 0 Å². The molecule has 0 spiro atoms. The van der Waals surface area contributed by atoms with Crippen molar-refractivity contribution in [1.29, 1.82) is 0 Å². The first-order valence-electron chi connectivity index (χ1n) is 14.2. The lowest BCUT2D eigenvalue weighted by molar-refractivity contribution is -0.142. The van der Waals surface area contributed by atoms with Gasteiger partial charge in [0.15, 0.2) is 6.61 Å². The normalized spacial score (nSPS) is 14.6. The number of carbonyl (C=O) groups is 2. The molecule has 1 aromatic heterocycles. The minimum absolute atomic E-state index is 0.0287. The summed E-state index contributed by atoms with van der Waals surface area (Å²) in [5.74, 6) is -0.493. The van der Waals surface area contributed by atoms with Gasteiger partial charge in [0.25, 0.3) is 5.91 Å². The van der Waals surface area contributed by atoms with Crippen molar-refractivity contribution in [2.75, 3.05) is 39.4 Å². The molecule has 1 unspecified atom stereocenters. The van der Waals surface area contributed by atoms with Crippen LogP contribution in [0.2, 0.25) is 0 Å². The molecule has 1 aliphatic rings. The summed E-state index contributed by atoms with van der Waals surface area (Å²) in [6.07, 6.45) is 3.70. The number of amides is 1. The van der Waals surface area contributed by atoms with Crippen LogP contribution in [-0.2, 0) is 14.4 Å². The summed E-state index contributed by atoms with van der Waals surface area (Å²) >= 11 is 0. The third-order valence-corrected chi connectivity index (χ3v) is 7.37. The van der Waals surface area contributed by atoms with Crippen molar-refractivity contribution in [2.24, 2.45) is 5.16 Å². The van der Waals surface area contributed by atoms with Crippen molar-refractivity contribution < 1.29 is 24.3 Å². The Kier molecular flexibility index (Phi) is 9.76. The Morgan fingerprint density at radius 2 is 1.60 bits per heavy atom. The molecule has 0 saturated carbocycles. The van der Waals surface area contributed by atoms with Gasteiger partial charge in [-0.1, -0.05) is 78.0 Å². The van der Waals surface area contributed by atoms with Gasteiger partial charge in [-0.25, -0.2) is 4.79 Å². The van der Waals surface area contributed by atoms with Crippen LogP contribution in [-0.4, -0.2) is 76.9 Å². The first kappa shape index (κ1) is 29.5. The van der Waals surface area contributed by atoms with Crippen LogP contribution in [0, 0.1) is 0 Å². The number of aliphatic carboxylic acids is 1. The molecule has 4 aromatic rings. The number of carbonyl (C=O) groups excluding carboxylic acids is 1. The van der Waals surface area contributed by atoms with Gasteiger partial charge in [0, 0.05) is 38.6 Å². The van der Waals surface area contributed by atoms with Gasteiger partial charge in [-0.2, -0.15) is 0 Å². The van der Waals surface area contributed by atoms with Gasteiger partial charge in [-0.3, -0.25) is 14.7 Å². The van der Waals surface area contributed by atoms with Crippen LogP contribution < -0.4 is 4.74 Å². The number of benzene rings is 3. The number of ether oxygens (including phenoxy) is 1. The van der Waals surface area contributed by atoms with E-state index in [1.807, 2.05) is 71.8 Å². The van der Waals surface area contributed by atoms with Crippen LogP contribution in [0.25, 0.3) is 11.1 Å². The van der Waals surface area contributed by atoms with Crippen molar-refractivity contribution in [2.45, 2.75) is 13.0 Å². The number of hydrogen-bond donors (Lipinski definition) is 1. The van der Waals surface area contributed by atoms with Crippen LogP contribution in [0.4, 0.5) is 0 Å². The third-order valence-electron chi connectivity index (χ3n) is 7.37. The van der Waals surface area contributed by atoms with Crippen LogP contribution >= 0.6 is 0 Å². The number of carboxylic acid groups (broad SMARTS) is 1. The maximum Gasteiger partial charge on any atom is 0.344 e. The van der Waals surface area contributed by atoms with E-state index in [1.165, 1.54) is 5.56 Å². The predicted molar refractivity (Wildman–Crippen MR) is 164 cm³/mol. The lowest BCUT2D eigenvalue weighted by atomic mass is 9.98. The van der Waals surface area contributed by atoms with E-state index < -0.39 is 12.6 Å². The molecule has 220 valence electrons. The minimum Gasteiger partial charge on any atom is -0.484 e. The highest BCUT2D eigenvalue weighted by Crippen LogP contribution is 2.29. The van der Waals surface area contributed by atoms with Crippen molar-refractivity contribution in [3.63, 3.8) is 0 Å². The lowest BCUT2D eigenvalue weighted by Gasteiger charge is -2.39. The van der Waals surface area contributed by atoms with Crippen molar-refractivity contribution in [3.8, 4) is 16.9 Å². The number of carboxylic acids is 1. The predicted octanol–water partition coefficient (Wildman–Crippen LogP) is 4.89. The fraction of sp³-hybridized carbons (Fsp3) is 0.235. The number of rotatable bonds is 11. The zero-order chi connectivity index (χ0) is 30.0. The Bertz CT molecular complexity index is 1500. The first-order valence-corrected chi connectivity index (χ1v) is 14.2. The molecule has 3 aromatic carbocycles. The molecule has 1 N–H and O–H groups in total. The summed E-state index contributed by atoms with van der Waals surface area (Å²) < 4.78 is 5.92. The summed E-state index contributed by atoms with van der Waals surface area (Å²) in [5.41, 5.74) is 5.67. The topological polar surface area (TPSA) is 105 Å². The van der Waals surface area contributed by atoms with Crippen molar-refractivity contribution in [3.05, 3.63) is 120 Å². The molecule has 1 aliphatic heterocycles. The Hall–Kier alpha value is -5.02. The van der Waals surface area contributed by atoms with E-state index in [-0.39, 0.29) is 18.6 Å². The lowest BCUT2D eigenvalue weighted by Crippen LogP contribution is -2.51. The molecular formula is C34H34N4O5. The summed E-state index contributed by atoms with van der Waals surface area (Å²) in [7, 11) is 0. The van der Waals surface area contributed by atoms with Gasteiger partial charge in [0.1, 0.15) is 5.75 Å². The van der Waals surface area contributed by atoms with E-state index in [1.54, 1.807) is 13.1 Å². The largest absolute Gasteiger partial charge is 0.484 e. The molecule has 0 radical (unpaired) electrons. The SMILES string of the molecule is CC(=NOCC(=O)O)c1ccc(-c2cccc(OCC(=O)N3CCN(C(c4ccccc4)c4cccnc4)CC3)c2)cc1. The second-order valence-corrected chi connectivity index (χ2v) is 10.3. The zero-order valence-electron chi connectivity index (χ0n) is 24.0. The summed E-state index contributed by atoms with van der Waals surface area (Å²) in [5, 5.41) is 12.5. The van der Waals surface area contributed by atoms with Gasteiger partial charge in [0.05, 0.1) is 11.8 Å². The molecular weight excluding hydrogens is 544 g/mol. The molecule has 0 aliphatic carbocycles. The second-order valence-electron chi connectivity index (χ2n) is 10.3. The molecule has 9 heteroatoms. The average Bonchev–Trinajstić information content (AvgIpc) is 3.05. The van der Waals surface area contributed by atoms with Gasteiger partial charge in [-0.05, 0) is 52.9 Å². The number of oxime groups is 1. The number of piperazine rings is 1. The summed E-state index contributed by atoms with van der Waals surface area (Å²) in [6, 6.07) is 29.9. The van der Waals surface area contributed by atoms with Crippen LogP contribution in [0.1, 0.15) is 29.7 Å². The number of pyridine rings is 1. The Morgan fingerprint density at radius 3 is 2.30 bits per heavy atom. The highest BCUT2D eigenvalue weighted by Gasteiger charge is 2.28. The van der Waals surface area contributed by atoms with Crippen molar-refractivity contribution >= 4 is 17.6 Å². The standard InChI is InChI=1S/C34H34N4O5/c1-25(36-43-24-33(40)41)26-12-14-27(15-13-26)29-9-5-11-31(21-29)42-23-32(39)37-17-19-38(20-18-37)34(28-7-3-2-4-8-28)30-10-6-16-35-22-30/h2-16,21-22,34H,17-20,23-24H2,1H3,(H,40,41). The number of aromatic nitrogens is 1. The van der Waals surface area contributed by atoms with E-state index in [0.29, 0.717) is 24.6 Å². The zero-order valence-corrected chi connectivity index (χ0v) is 24.0. The average molecular weight is 579 g/mol. The highest BCUT2D eigenvalue weighted by molar-refractivity contribution is 5.98. The molecule has 43 heavy (non-hydrogen) atoms. The molecule has 0 bridgehead atoms. The molecule has 9 nitrogen and oxygen atoms in total. The fourth-order valence-electron chi connectivity index (χ4n) is 5.16. The van der Waals surface area contributed by atoms with Crippen LogP contribution in [0.15, 0.2) is 109 Å². The molecule has 1 saturated heterocycles. The highest BCUT2D eigenvalue weighted by atomic mass is 16.6. The third kappa shape index (κ3) is 7.84. The van der Waals surface area contributed by atoms with Gasteiger partial charge in [0.2, 0.25) is 6.61 Å². The van der Waals surface area contributed by atoms with E-state index in [4.69, 9.17) is 14.7 Å². The monoisotopic (exact) mass is 578 g/mol. The van der Waals surface area contributed by atoms with Crippen molar-refractivity contribution in [1.82, 2.24) is 14.8 Å². The molecule has 2 heterocycles. The van der Waals surface area contributed by atoms with E-state index in [0.717, 1.165) is 35.3 Å². The van der Waals surface area contributed by atoms with Gasteiger partial charge >= 0.3 is 5.97 Å². The maximum absolute atomic E-state index is 13.1. The molecule has 1 atom stereocenters. The molecule has 1 amide bonds. The van der Waals surface area contributed by atoms with Crippen LogP contribution in [0.5, 0.6) is 5.75 Å². The fourth-order valence-corrected chi connectivity index (χ4v) is 5.16. The number of hydrogen-bond acceptors (Lipinski definition) is 7. The van der Waals surface area contributed by atoms with Gasteiger partial charge < -0.3 is 19.6 Å². The smallest absolute Gasteiger partial charge is 0.344 e. The summed E-state index contributed by atoms with van der Waals surface area (Å²) in [6.45, 7) is 4.00. The maximum atomic E-state index is 13.1. The minimum atomic E-state index is -1.08. The Balaban J connectivity index is 1.16. The molecule has 1 fully saturated rings. The quantitative estimate of drug-likeness (QED) is 0.200. The molecule has 5 rings (SSSR count). The Labute approximate surface area is 251 Å². The first-order chi connectivity index (χ1) is 21.0.